The Morgan fingerprint density at radius 3 is 2.41 bits per heavy atom. The van der Waals surface area contributed by atoms with E-state index in [0.717, 1.165) is 51.9 Å². The van der Waals surface area contributed by atoms with Gasteiger partial charge in [-0.2, -0.15) is 15.5 Å². The number of alkyl halides is 2. The molecule has 9 rings (SSSR count). The van der Waals surface area contributed by atoms with Crippen LogP contribution in [0.15, 0.2) is 48.8 Å². The van der Waals surface area contributed by atoms with E-state index in [1.54, 1.807) is 23.0 Å². The van der Waals surface area contributed by atoms with Crippen LogP contribution in [-0.4, -0.2) is 92.0 Å². The number of fused-ring (bicyclic) bond motifs is 4. The molecule has 1 saturated carbocycles. The minimum absolute atomic E-state index is 0.0140. The summed E-state index contributed by atoms with van der Waals surface area (Å²) in [6, 6.07) is 11.2. The van der Waals surface area contributed by atoms with Crippen LogP contribution in [0.2, 0.25) is 0 Å². The molecular formula is C40H37F4N9O5. The zero-order valence-corrected chi connectivity index (χ0v) is 31.0. The van der Waals surface area contributed by atoms with Gasteiger partial charge in [-0.15, -0.1) is 8.78 Å². The Bertz CT molecular complexity index is 2490. The van der Waals surface area contributed by atoms with E-state index in [9.17, 15) is 28.4 Å². The first kappa shape index (κ1) is 37.5. The SMILES string of the molecule is N#Cc1cnn2c(C(=O)Nc3cc4cn(C5CCC(N6CCN(CCc7cc(F)c([C@H]8CCC(=O)NC8=O)c(F)c7)CC6)CC5)nc4c4c3OC(F)(F)O4)ccc2c1. The number of rotatable bonds is 8. The lowest BCUT2D eigenvalue weighted by molar-refractivity contribution is -0.286. The number of halogens is 4. The molecule has 14 nitrogen and oxygen atoms in total. The van der Waals surface area contributed by atoms with Gasteiger partial charge in [-0.3, -0.25) is 29.3 Å². The number of nitriles is 1. The normalized spacial score (nSPS) is 22.3. The molecule has 4 aliphatic rings. The van der Waals surface area contributed by atoms with Crippen LogP contribution in [0.3, 0.4) is 0 Å². The highest BCUT2D eigenvalue weighted by Gasteiger charge is 2.47. The first-order valence-electron chi connectivity index (χ1n) is 19.2. The summed E-state index contributed by atoms with van der Waals surface area (Å²) in [5, 5.41) is 23.3. The van der Waals surface area contributed by atoms with E-state index in [0.29, 0.717) is 41.0 Å². The summed E-state index contributed by atoms with van der Waals surface area (Å²) in [6.45, 7) is 3.94. The number of piperazine rings is 1. The molecule has 6 heterocycles. The number of benzene rings is 2. The number of carbonyl (C=O) groups is 3. The predicted octanol–water partition coefficient (Wildman–Crippen LogP) is 5.27. The van der Waals surface area contributed by atoms with Gasteiger partial charge in [0.1, 0.15) is 28.9 Å². The van der Waals surface area contributed by atoms with E-state index in [1.807, 2.05) is 6.07 Å². The van der Waals surface area contributed by atoms with Crippen LogP contribution in [-0.2, 0) is 16.0 Å². The Balaban J connectivity index is 0.809. The second kappa shape index (κ2) is 14.7. The highest BCUT2D eigenvalue weighted by atomic mass is 19.3. The maximum absolute atomic E-state index is 15.0. The van der Waals surface area contributed by atoms with Gasteiger partial charge in [0.15, 0.2) is 5.75 Å². The van der Waals surface area contributed by atoms with Gasteiger partial charge in [-0.25, -0.2) is 13.3 Å². The van der Waals surface area contributed by atoms with Crippen LogP contribution in [0.25, 0.3) is 16.4 Å². The molecule has 2 saturated heterocycles. The molecule has 0 radical (unpaired) electrons. The zero-order chi connectivity index (χ0) is 40.3. The summed E-state index contributed by atoms with van der Waals surface area (Å²) in [5.41, 5.74) is 1.35. The molecular weight excluding hydrogens is 762 g/mol. The number of aromatic nitrogens is 4. The number of piperidine rings is 1. The lowest BCUT2D eigenvalue weighted by Crippen LogP contribution is -2.51. The fourth-order valence-electron chi connectivity index (χ4n) is 8.70. The molecule has 1 aliphatic carbocycles. The predicted molar refractivity (Wildman–Crippen MR) is 198 cm³/mol. The number of carbonyl (C=O) groups excluding carboxylic acids is 3. The highest BCUT2D eigenvalue weighted by molar-refractivity contribution is 6.07. The monoisotopic (exact) mass is 799 g/mol. The number of amides is 3. The third-order valence-corrected chi connectivity index (χ3v) is 11.7. The molecule has 0 bridgehead atoms. The molecule has 2 aromatic carbocycles. The Morgan fingerprint density at radius 1 is 0.966 bits per heavy atom. The van der Waals surface area contributed by atoms with Crippen molar-refractivity contribution in [2.45, 2.75) is 69.2 Å². The van der Waals surface area contributed by atoms with Crippen LogP contribution < -0.4 is 20.1 Å². The summed E-state index contributed by atoms with van der Waals surface area (Å²) in [7, 11) is 0. The van der Waals surface area contributed by atoms with E-state index >= 15 is 8.78 Å². The van der Waals surface area contributed by atoms with E-state index in [2.05, 4.69) is 30.6 Å². The number of nitrogens with one attached hydrogen (secondary N) is 2. The molecule has 0 spiro atoms. The van der Waals surface area contributed by atoms with Gasteiger partial charge in [-0.05, 0) is 80.5 Å². The second-order valence-corrected chi connectivity index (χ2v) is 15.2. The third kappa shape index (κ3) is 7.08. The number of hydrogen-bond donors (Lipinski definition) is 2. The fraction of sp³-hybridized carbons (Fsp3) is 0.400. The van der Waals surface area contributed by atoms with E-state index in [-0.39, 0.29) is 52.8 Å². The van der Waals surface area contributed by atoms with Gasteiger partial charge in [0.05, 0.1) is 34.9 Å². The Hall–Kier alpha value is -6.06. The minimum Gasteiger partial charge on any atom is -0.393 e. The maximum atomic E-state index is 15.0. The van der Waals surface area contributed by atoms with Gasteiger partial charge in [0.2, 0.25) is 17.6 Å². The Kier molecular flexibility index (Phi) is 9.51. The smallest absolute Gasteiger partial charge is 0.393 e. The molecule has 18 heteroatoms. The van der Waals surface area contributed by atoms with Crippen molar-refractivity contribution < 1.29 is 41.4 Å². The molecule has 3 aliphatic heterocycles. The Labute approximate surface area is 328 Å². The molecule has 3 amide bonds. The van der Waals surface area contributed by atoms with Crippen molar-refractivity contribution in [3.8, 4) is 17.6 Å². The number of ether oxygens (including phenoxy) is 2. The third-order valence-electron chi connectivity index (χ3n) is 11.7. The molecule has 2 N–H and O–H groups in total. The van der Waals surface area contributed by atoms with Crippen LogP contribution in [0, 0.1) is 23.0 Å². The molecule has 5 aromatic rings. The van der Waals surface area contributed by atoms with Crippen molar-refractivity contribution in [1.82, 2.24) is 34.5 Å². The van der Waals surface area contributed by atoms with Crippen molar-refractivity contribution in [1.29, 1.82) is 5.26 Å². The van der Waals surface area contributed by atoms with Crippen molar-refractivity contribution in [3.63, 3.8) is 0 Å². The number of imide groups is 1. The Morgan fingerprint density at radius 2 is 1.69 bits per heavy atom. The largest absolute Gasteiger partial charge is 0.586 e. The van der Waals surface area contributed by atoms with Gasteiger partial charge in [0, 0.05) is 62.3 Å². The average Bonchev–Trinajstić information content (AvgIpc) is 3.92. The van der Waals surface area contributed by atoms with Crippen LogP contribution in [0.5, 0.6) is 11.5 Å². The summed E-state index contributed by atoms with van der Waals surface area (Å²) in [6.07, 6.45) is 3.13. The summed E-state index contributed by atoms with van der Waals surface area (Å²) < 4.78 is 71.9. The van der Waals surface area contributed by atoms with Crippen molar-refractivity contribution in [3.05, 3.63) is 82.8 Å². The number of nitrogens with zero attached hydrogens (tertiary/aromatic N) is 7. The summed E-state index contributed by atoms with van der Waals surface area (Å²) in [4.78, 5) is 41.8. The van der Waals surface area contributed by atoms with E-state index in [4.69, 9.17) is 9.47 Å². The van der Waals surface area contributed by atoms with Gasteiger partial charge >= 0.3 is 6.29 Å². The van der Waals surface area contributed by atoms with Gasteiger partial charge < -0.3 is 19.7 Å². The highest BCUT2D eigenvalue weighted by Crippen LogP contribution is 2.50. The van der Waals surface area contributed by atoms with E-state index < -0.39 is 41.6 Å². The molecule has 0 unspecified atom stereocenters. The second-order valence-electron chi connectivity index (χ2n) is 15.2. The van der Waals surface area contributed by atoms with Crippen LogP contribution >= 0.6 is 0 Å². The number of hydrogen-bond acceptors (Lipinski definition) is 10. The molecule has 3 fully saturated rings. The van der Waals surface area contributed by atoms with Crippen molar-refractivity contribution >= 4 is 39.8 Å². The molecule has 300 valence electrons. The molecule has 1 atom stereocenters. The standard InChI is InChI=1S/C40H37F4N9O5/c41-29-16-22(17-30(42)34(29)28-6-8-33(54)48-38(28)55)9-10-50-11-13-51(14-12-50)25-1-3-26(4-2-25)52-21-24-18-31(36-37(35(24)49-52)58-40(43,44)57-36)47-39(56)32-7-5-27-15-23(19-45)20-46-53(27)32/h5,7,15-18,20-21,25-26,28H,1-4,6,8-14H2,(H,47,56)(H,48,54,55)/t25?,26?,28-/m1/s1. The van der Waals surface area contributed by atoms with Crippen LogP contribution in [0.1, 0.15) is 77.7 Å². The lowest BCUT2D eigenvalue weighted by Gasteiger charge is -2.42. The zero-order valence-electron chi connectivity index (χ0n) is 31.0. The van der Waals surface area contributed by atoms with Crippen molar-refractivity contribution in [2.75, 3.05) is 38.0 Å². The van der Waals surface area contributed by atoms with Crippen LogP contribution in [0.4, 0.5) is 23.2 Å². The van der Waals surface area contributed by atoms with E-state index in [1.165, 1.54) is 35.0 Å². The molecule has 58 heavy (non-hydrogen) atoms. The lowest BCUT2D eigenvalue weighted by atomic mass is 9.89. The first-order chi connectivity index (χ1) is 27.9. The molecule has 3 aromatic heterocycles. The maximum Gasteiger partial charge on any atom is 0.586 e. The number of anilines is 1. The topological polar surface area (TPSA) is 159 Å². The van der Waals surface area contributed by atoms with Gasteiger partial charge in [0.25, 0.3) is 5.91 Å². The summed E-state index contributed by atoms with van der Waals surface area (Å²) >= 11 is 0. The van der Waals surface area contributed by atoms with Gasteiger partial charge in [-0.1, -0.05) is 0 Å². The average molecular weight is 800 g/mol. The first-order valence-corrected chi connectivity index (χ1v) is 19.2. The quantitative estimate of drug-likeness (QED) is 0.157. The van der Waals surface area contributed by atoms with Crippen molar-refractivity contribution in [2.24, 2.45) is 0 Å². The summed E-state index contributed by atoms with van der Waals surface area (Å²) in [5.74, 6) is -4.91. The minimum atomic E-state index is -3.96. The fourth-order valence-corrected chi connectivity index (χ4v) is 8.70.